The van der Waals surface area contributed by atoms with E-state index in [9.17, 15) is 0 Å². The van der Waals surface area contributed by atoms with Crippen molar-refractivity contribution in [1.29, 1.82) is 0 Å². The first-order chi connectivity index (χ1) is 7.76. The summed E-state index contributed by atoms with van der Waals surface area (Å²) in [5.41, 5.74) is 2.03. The van der Waals surface area contributed by atoms with E-state index in [2.05, 4.69) is 11.8 Å². The molecule has 0 bridgehead atoms. The maximum atomic E-state index is 5.33. The van der Waals surface area contributed by atoms with Crippen molar-refractivity contribution in [2.24, 2.45) is 5.90 Å². The van der Waals surface area contributed by atoms with Gasteiger partial charge in [-0.1, -0.05) is 13.3 Å². The minimum absolute atomic E-state index is 0.311. The van der Waals surface area contributed by atoms with Gasteiger partial charge in [-0.25, -0.2) is 5.90 Å². The van der Waals surface area contributed by atoms with Gasteiger partial charge in [0.05, 0.1) is 20.8 Å². The van der Waals surface area contributed by atoms with Gasteiger partial charge in [0.1, 0.15) is 11.5 Å². The van der Waals surface area contributed by atoms with Crippen LogP contribution in [0.15, 0.2) is 12.1 Å². The van der Waals surface area contributed by atoms with Crippen molar-refractivity contribution in [1.82, 2.24) is 0 Å². The van der Waals surface area contributed by atoms with Crippen LogP contribution in [-0.4, -0.2) is 14.2 Å². The van der Waals surface area contributed by atoms with Crippen molar-refractivity contribution in [2.45, 2.75) is 26.4 Å². The van der Waals surface area contributed by atoms with E-state index < -0.39 is 0 Å². The van der Waals surface area contributed by atoms with Crippen LogP contribution in [0, 0.1) is 0 Å². The molecule has 0 aliphatic carbocycles. The van der Waals surface area contributed by atoms with Gasteiger partial charge in [0.2, 0.25) is 0 Å². The van der Waals surface area contributed by atoms with Crippen LogP contribution in [0.3, 0.4) is 0 Å². The standard InChI is InChI=1S/C12H19NO3/c1-4-5-9-6-12(15-3)10(8-16-13)7-11(9)14-2/h6-7H,4-5,8,13H2,1-3H3. The van der Waals surface area contributed by atoms with Gasteiger partial charge in [0, 0.05) is 5.56 Å². The summed E-state index contributed by atoms with van der Waals surface area (Å²) in [4.78, 5) is 4.63. The molecule has 2 N–H and O–H groups in total. The molecule has 0 aliphatic heterocycles. The molecule has 1 rings (SSSR count). The summed E-state index contributed by atoms with van der Waals surface area (Å²) in [6.45, 7) is 2.44. The molecule has 4 nitrogen and oxygen atoms in total. The Morgan fingerprint density at radius 1 is 1.06 bits per heavy atom. The molecule has 0 radical (unpaired) electrons. The average molecular weight is 225 g/mol. The molecule has 16 heavy (non-hydrogen) atoms. The molecule has 4 heteroatoms. The van der Waals surface area contributed by atoms with Gasteiger partial charge in [0.15, 0.2) is 0 Å². The zero-order valence-corrected chi connectivity index (χ0v) is 10.1. The van der Waals surface area contributed by atoms with E-state index in [-0.39, 0.29) is 0 Å². The Morgan fingerprint density at radius 3 is 2.12 bits per heavy atom. The predicted octanol–water partition coefficient (Wildman–Crippen LogP) is 2.05. The van der Waals surface area contributed by atoms with Gasteiger partial charge in [0.25, 0.3) is 0 Å². The van der Waals surface area contributed by atoms with E-state index in [0.29, 0.717) is 6.61 Å². The van der Waals surface area contributed by atoms with Crippen molar-refractivity contribution in [3.63, 3.8) is 0 Å². The number of ether oxygens (including phenoxy) is 2. The Labute approximate surface area is 96.3 Å². The minimum atomic E-state index is 0.311. The normalized spacial score (nSPS) is 10.2. The highest BCUT2D eigenvalue weighted by molar-refractivity contribution is 5.46. The highest BCUT2D eigenvalue weighted by Crippen LogP contribution is 2.30. The van der Waals surface area contributed by atoms with Crippen molar-refractivity contribution in [2.75, 3.05) is 14.2 Å². The van der Waals surface area contributed by atoms with E-state index >= 15 is 0 Å². The number of nitrogens with two attached hydrogens (primary N) is 1. The van der Waals surface area contributed by atoms with E-state index in [0.717, 1.165) is 35.5 Å². The molecular weight excluding hydrogens is 206 g/mol. The molecule has 0 spiro atoms. The molecule has 1 aromatic carbocycles. The van der Waals surface area contributed by atoms with Crippen LogP contribution in [0.5, 0.6) is 11.5 Å². The maximum absolute atomic E-state index is 5.33. The highest BCUT2D eigenvalue weighted by Gasteiger charge is 2.10. The maximum Gasteiger partial charge on any atom is 0.125 e. The second-order valence-electron chi connectivity index (χ2n) is 3.54. The van der Waals surface area contributed by atoms with E-state index in [4.69, 9.17) is 15.4 Å². The second kappa shape index (κ2) is 6.35. The molecule has 0 unspecified atom stereocenters. The van der Waals surface area contributed by atoms with Crippen LogP contribution in [-0.2, 0) is 17.9 Å². The zero-order valence-electron chi connectivity index (χ0n) is 10.1. The smallest absolute Gasteiger partial charge is 0.125 e. The van der Waals surface area contributed by atoms with Crippen molar-refractivity contribution >= 4 is 0 Å². The van der Waals surface area contributed by atoms with Gasteiger partial charge in [-0.15, -0.1) is 0 Å². The molecule has 90 valence electrons. The van der Waals surface area contributed by atoms with Gasteiger partial charge < -0.3 is 9.47 Å². The van der Waals surface area contributed by atoms with Crippen LogP contribution in [0.25, 0.3) is 0 Å². The second-order valence-corrected chi connectivity index (χ2v) is 3.54. The SMILES string of the molecule is CCCc1cc(OC)c(CON)cc1OC. The summed E-state index contributed by atoms with van der Waals surface area (Å²) in [5, 5.41) is 0. The summed E-state index contributed by atoms with van der Waals surface area (Å²) in [5.74, 6) is 6.72. The van der Waals surface area contributed by atoms with Crippen LogP contribution >= 0.6 is 0 Å². The number of aryl methyl sites for hydroxylation is 1. The lowest BCUT2D eigenvalue weighted by atomic mass is 10.1. The van der Waals surface area contributed by atoms with Crippen LogP contribution in [0.1, 0.15) is 24.5 Å². The number of methoxy groups -OCH3 is 2. The molecule has 0 aliphatic rings. The lowest BCUT2D eigenvalue weighted by molar-refractivity contribution is 0.122. The van der Waals surface area contributed by atoms with Gasteiger partial charge in [-0.3, -0.25) is 4.84 Å². The topological polar surface area (TPSA) is 53.7 Å². The molecule has 0 saturated heterocycles. The molecule has 0 atom stereocenters. The molecule has 0 heterocycles. The fraction of sp³-hybridized carbons (Fsp3) is 0.500. The first-order valence-corrected chi connectivity index (χ1v) is 5.32. The van der Waals surface area contributed by atoms with Crippen molar-refractivity contribution in [3.8, 4) is 11.5 Å². The largest absolute Gasteiger partial charge is 0.496 e. The third-order valence-electron chi connectivity index (χ3n) is 2.44. The van der Waals surface area contributed by atoms with Crippen molar-refractivity contribution in [3.05, 3.63) is 23.3 Å². The Bertz CT molecular complexity index is 306. The van der Waals surface area contributed by atoms with Crippen LogP contribution in [0.2, 0.25) is 0 Å². The number of rotatable bonds is 6. The van der Waals surface area contributed by atoms with E-state index in [1.165, 1.54) is 0 Å². The summed E-state index contributed by atoms with van der Waals surface area (Å²) < 4.78 is 10.6. The molecule has 0 saturated carbocycles. The lowest BCUT2D eigenvalue weighted by Gasteiger charge is -2.13. The Kier molecular flexibility index (Phi) is 5.08. The third kappa shape index (κ3) is 2.87. The summed E-state index contributed by atoms with van der Waals surface area (Å²) >= 11 is 0. The van der Waals surface area contributed by atoms with E-state index in [1.807, 2.05) is 12.1 Å². The van der Waals surface area contributed by atoms with Crippen molar-refractivity contribution < 1.29 is 14.3 Å². The minimum Gasteiger partial charge on any atom is -0.496 e. The molecular formula is C12H19NO3. The van der Waals surface area contributed by atoms with Gasteiger partial charge in [-0.05, 0) is 24.1 Å². The number of benzene rings is 1. The number of hydrogen-bond donors (Lipinski definition) is 1. The Hall–Kier alpha value is -1.26. The Morgan fingerprint density at radius 2 is 1.62 bits per heavy atom. The highest BCUT2D eigenvalue weighted by atomic mass is 16.6. The molecule has 0 amide bonds. The molecule has 0 aromatic heterocycles. The van der Waals surface area contributed by atoms with Gasteiger partial charge in [-0.2, -0.15) is 0 Å². The monoisotopic (exact) mass is 225 g/mol. The van der Waals surface area contributed by atoms with Crippen LogP contribution in [0.4, 0.5) is 0 Å². The summed E-state index contributed by atoms with van der Waals surface area (Å²) in [6, 6.07) is 3.90. The third-order valence-corrected chi connectivity index (χ3v) is 2.44. The lowest BCUT2D eigenvalue weighted by Crippen LogP contribution is -2.03. The fourth-order valence-corrected chi connectivity index (χ4v) is 1.69. The van der Waals surface area contributed by atoms with Crippen LogP contribution < -0.4 is 15.4 Å². The first-order valence-electron chi connectivity index (χ1n) is 5.32. The molecule has 0 fully saturated rings. The van der Waals surface area contributed by atoms with Gasteiger partial charge >= 0.3 is 0 Å². The summed E-state index contributed by atoms with van der Waals surface area (Å²) in [6.07, 6.45) is 2.02. The quantitative estimate of drug-likeness (QED) is 0.753. The average Bonchev–Trinajstić information content (AvgIpc) is 2.31. The summed E-state index contributed by atoms with van der Waals surface area (Å²) in [7, 11) is 3.30. The first kappa shape index (κ1) is 12.8. The Balaban J connectivity index is 3.11. The number of hydrogen-bond acceptors (Lipinski definition) is 4. The molecule has 1 aromatic rings. The predicted molar refractivity (Wildman–Crippen MR) is 62.5 cm³/mol. The fourth-order valence-electron chi connectivity index (χ4n) is 1.69. The zero-order chi connectivity index (χ0) is 12.0. The van der Waals surface area contributed by atoms with E-state index in [1.54, 1.807) is 14.2 Å².